The van der Waals surface area contributed by atoms with Crippen molar-refractivity contribution in [1.29, 1.82) is 0 Å². The Hall–Kier alpha value is -1.27. The summed E-state index contributed by atoms with van der Waals surface area (Å²) in [6.45, 7) is 12.0. The van der Waals surface area contributed by atoms with Gasteiger partial charge in [0.15, 0.2) is 0 Å². The number of amides is 1. The molecule has 17 heavy (non-hydrogen) atoms. The molecule has 0 aliphatic rings. The van der Waals surface area contributed by atoms with Gasteiger partial charge in [0, 0.05) is 19.7 Å². The lowest BCUT2D eigenvalue weighted by atomic mass is 10.4. The van der Waals surface area contributed by atoms with E-state index in [1.807, 2.05) is 34.6 Å². The molecular formula is C14H28N2O. The first-order valence-electron chi connectivity index (χ1n) is 6.28. The molecule has 3 heteroatoms. The van der Waals surface area contributed by atoms with Gasteiger partial charge in [0.25, 0.3) is 0 Å². The number of carbonyl (C=O) groups excluding carboxylic acids is 1. The van der Waals surface area contributed by atoms with Gasteiger partial charge in [-0.25, -0.2) is 0 Å². The topological polar surface area (TPSA) is 32.3 Å². The van der Waals surface area contributed by atoms with Gasteiger partial charge in [0.05, 0.1) is 6.54 Å². The predicted molar refractivity (Wildman–Crippen MR) is 76.8 cm³/mol. The van der Waals surface area contributed by atoms with Crippen LogP contribution in [-0.4, -0.2) is 37.5 Å². The number of hydrogen-bond acceptors (Lipinski definition) is 2. The van der Waals surface area contributed by atoms with Crippen LogP contribution in [0.1, 0.15) is 34.6 Å². The maximum Gasteiger partial charge on any atom is 0.246 e. The largest absolute Gasteiger partial charge is 0.331 e. The molecule has 0 radical (unpaired) electrons. The molecule has 0 aliphatic heterocycles. The molecule has 3 nitrogen and oxygen atoms in total. The Morgan fingerprint density at radius 3 is 2.29 bits per heavy atom. The molecule has 0 unspecified atom stereocenters. The van der Waals surface area contributed by atoms with E-state index in [1.54, 1.807) is 13.1 Å². The first-order valence-corrected chi connectivity index (χ1v) is 6.28. The molecule has 100 valence electrons. The molecule has 1 N–H and O–H groups in total. The average molecular weight is 240 g/mol. The molecule has 1 amide bonds. The summed E-state index contributed by atoms with van der Waals surface area (Å²) in [5, 5.41) is 3.08. The fourth-order valence-corrected chi connectivity index (χ4v) is 0.730. The van der Waals surface area contributed by atoms with Gasteiger partial charge in [-0.1, -0.05) is 46.6 Å². The van der Waals surface area contributed by atoms with Crippen molar-refractivity contribution in [3.63, 3.8) is 0 Å². The van der Waals surface area contributed by atoms with Crippen molar-refractivity contribution in [3.05, 3.63) is 12.2 Å². The lowest BCUT2D eigenvalue weighted by Crippen LogP contribution is -2.25. The number of likely N-dealkylation sites (N-methyl/N-ethyl adjacent to an activating group) is 2. The highest BCUT2D eigenvalue weighted by molar-refractivity contribution is 5.87. The highest BCUT2D eigenvalue weighted by Gasteiger charge is 2.00. The van der Waals surface area contributed by atoms with Gasteiger partial charge >= 0.3 is 0 Å². The molecule has 0 heterocycles. The van der Waals surface area contributed by atoms with Gasteiger partial charge < -0.3 is 10.2 Å². The van der Waals surface area contributed by atoms with Crippen molar-refractivity contribution in [2.24, 2.45) is 0 Å². The lowest BCUT2D eigenvalue weighted by Gasteiger charge is -2.09. The second kappa shape index (κ2) is 20.2. The summed E-state index contributed by atoms with van der Waals surface area (Å²) in [6.07, 6.45) is 8.38. The van der Waals surface area contributed by atoms with E-state index in [4.69, 9.17) is 6.42 Å². The van der Waals surface area contributed by atoms with Gasteiger partial charge in [-0.15, -0.1) is 6.42 Å². The SMILES string of the molecule is C#CCN(C)C(=O)/C=C/CNCC.CC.CC. The fourth-order valence-electron chi connectivity index (χ4n) is 0.730. The minimum atomic E-state index is -0.0594. The monoisotopic (exact) mass is 240 g/mol. The molecule has 0 bridgehead atoms. The van der Waals surface area contributed by atoms with E-state index in [1.165, 1.54) is 11.0 Å². The number of rotatable bonds is 5. The van der Waals surface area contributed by atoms with Crippen LogP contribution in [0, 0.1) is 12.3 Å². The van der Waals surface area contributed by atoms with E-state index in [2.05, 4.69) is 11.2 Å². The van der Waals surface area contributed by atoms with Crippen LogP contribution in [0.3, 0.4) is 0 Å². The van der Waals surface area contributed by atoms with Crippen LogP contribution in [0.5, 0.6) is 0 Å². The van der Waals surface area contributed by atoms with E-state index in [9.17, 15) is 4.79 Å². The van der Waals surface area contributed by atoms with Crippen LogP contribution in [-0.2, 0) is 4.79 Å². The van der Waals surface area contributed by atoms with E-state index in [0.29, 0.717) is 13.1 Å². The van der Waals surface area contributed by atoms with Crippen molar-refractivity contribution in [2.45, 2.75) is 34.6 Å². The number of terminal acetylenes is 1. The van der Waals surface area contributed by atoms with E-state index < -0.39 is 0 Å². The molecule has 0 aromatic carbocycles. The zero-order valence-corrected chi connectivity index (χ0v) is 12.2. The standard InChI is InChI=1S/C10H16N2O.2C2H6/c1-4-9-12(3)10(13)7-6-8-11-5-2;2*1-2/h1,6-7,11H,5,8-9H2,2-3H3;2*1-2H3/b7-6+;;. The van der Waals surface area contributed by atoms with Gasteiger partial charge in [0.2, 0.25) is 5.91 Å². The molecular weight excluding hydrogens is 212 g/mol. The third-order valence-electron chi connectivity index (χ3n) is 1.48. The van der Waals surface area contributed by atoms with Crippen molar-refractivity contribution in [3.8, 4) is 12.3 Å². The van der Waals surface area contributed by atoms with Gasteiger partial charge in [-0.2, -0.15) is 0 Å². The number of hydrogen-bond donors (Lipinski definition) is 1. The third-order valence-corrected chi connectivity index (χ3v) is 1.48. The van der Waals surface area contributed by atoms with Crippen molar-refractivity contribution >= 4 is 5.91 Å². The zero-order valence-electron chi connectivity index (χ0n) is 12.2. The Morgan fingerprint density at radius 1 is 1.35 bits per heavy atom. The Labute approximate surface area is 107 Å². The molecule has 0 aromatic rings. The molecule has 0 aliphatic carbocycles. The highest BCUT2D eigenvalue weighted by atomic mass is 16.2. The first kappa shape index (κ1) is 21.1. The highest BCUT2D eigenvalue weighted by Crippen LogP contribution is 1.85. The molecule has 0 saturated heterocycles. The Bertz CT molecular complexity index is 217. The van der Waals surface area contributed by atoms with Crippen LogP contribution in [0.2, 0.25) is 0 Å². The Balaban J connectivity index is -0.000000439. The second-order valence-corrected chi connectivity index (χ2v) is 2.61. The maximum absolute atomic E-state index is 11.2. The number of carbonyl (C=O) groups is 1. The summed E-state index contributed by atoms with van der Waals surface area (Å²) in [4.78, 5) is 12.7. The summed E-state index contributed by atoms with van der Waals surface area (Å²) in [6, 6.07) is 0. The number of nitrogens with one attached hydrogen (secondary N) is 1. The summed E-state index contributed by atoms with van der Waals surface area (Å²) >= 11 is 0. The minimum absolute atomic E-state index is 0.0594. The Kier molecular flexibility index (Phi) is 25.0. The zero-order chi connectivity index (χ0) is 14.1. The molecule has 0 aromatic heterocycles. The lowest BCUT2D eigenvalue weighted by molar-refractivity contribution is -0.124. The normalized spacial score (nSPS) is 8.29. The molecule has 0 saturated carbocycles. The van der Waals surface area contributed by atoms with Crippen LogP contribution in [0.4, 0.5) is 0 Å². The van der Waals surface area contributed by atoms with Crippen LogP contribution < -0.4 is 5.32 Å². The predicted octanol–water partition coefficient (Wildman–Crippen LogP) is 2.30. The van der Waals surface area contributed by atoms with Gasteiger partial charge in [-0.3, -0.25) is 4.79 Å². The van der Waals surface area contributed by atoms with E-state index in [-0.39, 0.29) is 5.91 Å². The number of nitrogens with zero attached hydrogens (tertiary/aromatic N) is 1. The fraction of sp³-hybridized carbons (Fsp3) is 0.643. The van der Waals surface area contributed by atoms with E-state index >= 15 is 0 Å². The first-order chi connectivity index (χ1) is 8.22. The van der Waals surface area contributed by atoms with Crippen molar-refractivity contribution in [1.82, 2.24) is 10.2 Å². The van der Waals surface area contributed by atoms with Crippen molar-refractivity contribution < 1.29 is 4.79 Å². The molecule has 0 fully saturated rings. The summed E-state index contributed by atoms with van der Waals surface area (Å²) in [5.74, 6) is 2.35. The second-order valence-electron chi connectivity index (χ2n) is 2.61. The van der Waals surface area contributed by atoms with Gasteiger partial charge in [0.1, 0.15) is 0 Å². The third kappa shape index (κ3) is 17.3. The van der Waals surface area contributed by atoms with Crippen LogP contribution in [0.25, 0.3) is 0 Å². The summed E-state index contributed by atoms with van der Waals surface area (Å²) < 4.78 is 0. The summed E-state index contributed by atoms with van der Waals surface area (Å²) in [7, 11) is 1.68. The molecule has 0 atom stereocenters. The quantitative estimate of drug-likeness (QED) is 0.454. The molecule has 0 rings (SSSR count). The average Bonchev–Trinajstić information content (AvgIpc) is 2.39. The summed E-state index contributed by atoms with van der Waals surface area (Å²) in [5.41, 5.74) is 0. The Morgan fingerprint density at radius 2 is 1.88 bits per heavy atom. The van der Waals surface area contributed by atoms with Crippen LogP contribution in [0.15, 0.2) is 12.2 Å². The molecule has 0 spiro atoms. The maximum atomic E-state index is 11.2. The van der Waals surface area contributed by atoms with Crippen LogP contribution >= 0.6 is 0 Å². The van der Waals surface area contributed by atoms with Crippen molar-refractivity contribution in [2.75, 3.05) is 26.7 Å². The minimum Gasteiger partial charge on any atom is -0.331 e. The van der Waals surface area contributed by atoms with Gasteiger partial charge in [-0.05, 0) is 6.54 Å². The smallest absolute Gasteiger partial charge is 0.246 e. The van der Waals surface area contributed by atoms with E-state index in [0.717, 1.165) is 6.54 Å².